The Morgan fingerprint density at radius 2 is 0.565 bits per heavy atom. The van der Waals surface area contributed by atoms with Crippen molar-refractivity contribution in [3.05, 3.63) is 30.3 Å². The van der Waals surface area contributed by atoms with Gasteiger partial charge in [-0.25, -0.2) is 0 Å². The normalized spacial score (nSPS) is 8.74. The fourth-order valence-electron chi connectivity index (χ4n) is 0. The first-order valence-corrected chi connectivity index (χ1v) is 2.90. The minimum atomic E-state index is -3.11. The summed E-state index contributed by atoms with van der Waals surface area (Å²) in [6.07, 6.45) is 0. The van der Waals surface area contributed by atoms with Crippen LogP contribution in [0.15, 0.2) is 15.9 Å². The zero-order chi connectivity index (χ0) is 15.6. The molecular formula is H9Cl3N6O12Ru2. The number of halogens is 3. The number of nitroso groups, excluding NO2 is 3. The van der Waals surface area contributed by atoms with Crippen molar-refractivity contribution in [3.8, 4) is 0 Å². The summed E-state index contributed by atoms with van der Waals surface area (Å²) in [5.41, 5.74) is 0. The van der Waals surface area contributed by atoms with E-state index in [1.165, 1.54) is 15.9 Å². The SMILES string of the molecule is Cl.Cl.Cl.O=N[N+]([O-])(O)O.O=N[N+]([O-])(O)O.O=N[N+]([O-])(O)O.[Ru].[Ru]. The van der Waals surface area contributed by atoms with Crippen LogP contribution in [0.1, 0.15) is 0 Å². The van der Waals surface area contributed by atoms with Gasteiger partial charge >= 0.3 is 0 Å². The van der Waals surface area contributed by atoms with Crippen molar-refractivity contribution in [1.29, 1.82) is 0 Å². The molecule has 0 heterocycles. The molecule has 0 saturated carbocycles. The fourth-order valence-corrected chi connectivity index (χ4v) is 0. The molecule has 0 amide bonds. The molecule has 23 heteroatoms. The van der Waals surface area contributed by atoms with Gasteiger partial charge in [0.2, 0.25) is 15.9 Å². The summed E-state index contributed by atoms with van der Waals surface area (Å²) < 4.78 is 0. The van der Waals surface area contributed by atoms with E-state index in [0.29, 0.717) is 0 Å². The summed E-state index contributed by atoms with van der Waals surface area (Å²) in [5.74, 6) is 0. The molecule has 0 unspecified atom stereocenters. The summed E-state index contributed by atoms with van der Waals surface area (Å²) in [6, 6.07) is 0. The zero-order valence-corrected chi connectivity index (χ0v) is 15.7. The molecule has 0 rings (SSSR count). The molecule has 0 aromatic heterocycles. The number of quaternary nitrogens is 3. The van der Waals surface area contributed by atoms with Crippen LogP contribution in [0.25, 0.3) is 0 Å². The Morgan fingerprint density at radius 1 is 0.522 bits per heavy atom. The summed E-state index contributed by atoms with van der Waals surface area (Å²) in [7, 11) is 0. The van der Waals surface area contributed by atoms with Gasteiger partial charge < -0.3 is 15.6 Å². The molecule has 0 aliphatic rings. The third-order valence-electron chi connectivity index (χ3n) is 0.319. The number of nitrogens with zero attached hydrogens (tertiary/aromatic N) is 6. The summed E-state index contributed by atoms with van der Waals surface area (Å²) in [6.45, 7) is 0. The predicted octanol–water partition coefficient (Wildman–Crippen LogP) is 0.543. The topological polar surface area (TPSA) is 279 Å². The predicted molar refractivity (Wildman–Crippen MR) is 60.7 cm³/mol. The van der Waals surface area contributed by atoms with E-state index in [2.05, 4.69) is 0 Å². The Hall–Kier alpha value is 0.437. The van der Waals surface area contributed by atoms with Crippen LogP contribution in [0.4, 0.5) is 0 Å². The van der Waals surface area contributed by atoms with E-state index >= 15 is 0 Å². The van der Waals surface area contributed by atoms with Gasteiger partial charge in [-0.15, -0.1) is 68.5 Å². The molecule has 23 heavy (non-hydrogen) atoms. The van der Waals surface area contributed by atoms with Crippen molar-refractivity contribution in [1.82, 2.24) is 0 Å². The van der Waals surface area contributed by atoms with Crippen LogP contribution in [0.5, 0.6) is 0 Å². The van der Waals surface area contributed by atoms with Gasteiger partial charge in [-0.3, -0.25) is 0 Å². The summed E-state index contributed by atoms with van der Waals surface area (Å²) in [4.78, 5) is 26.2. The Kier molecular flexibility index (Phi) is 48.3. The Labute approximate surface area is 168 Å². The quantitative estimate of drug-likeness (QED) is 0.113. The standard InChI is InChI=1S/3ClH.3H2N2O4.2Ru/c;;;3*3-1-2(4,5)6;;/h3*1H;3*4-5H;;. The molecule has 0 atom stereocenters. The van der Waals surface area contributed by atoms with Gasteiger partial charge in [0, 0.05) is 39.0 Å². The second-order valence-electron chi connectivity index (χ2n) is 1.78. The first kappa shape index (κ1) is 49.5. The van der Waals surface area contributed by atoms with E-state index in [1.54, 1.807) is 0 Å². The molecule has 0 aliphatic carbocycles. The minimum Gasteiger partial charge on any atom is -0.533 e. The monoisotopic (exact) mass is 594 g/mol. The molecule has 0 saturated heterocycles. The van der Waals surface area contributed by atoms with Crippen LogP contribution in [-0.4, -0.2) is 46.5 Å². The number of rotatable bonds is 3. The first-order valence-electron chi connectivity index (χ1n) is 2.90. The van der Waals surface area contributed by atoms with Crippen molar-refractivity contribution in [2.75, 3.05) is 0 Å². The summed E-state index contributed by atoms with van der Waals surface area (Å²) >= 11 is 0. The smallest absolute Gasteiger partial charge is 0.228 e. The van der Waals surface area contributed by atoms with Gasteiger partial charge in [-0.2, -0.15) is 0 Å². The third-order valence-corrected chi connectivity index (χ3v) is 0.319. The van der Waals surface area contributed by atoms with E-state index in [1.807, 2.05) is 0 Å². The van der Waals surface area contributed by atoms with E-state index < -0.39 is 15.2 Å². The molecule has 0 aliphatic heterocycles. The molecular weight excluding hydrogens is 585 g/mol. The zero-order valence-electron chi connectivity index (χ0n) is 9.75. The Bertz CT molecular complexity index is 218. The molecule has 0 aromatic rings. The second kappa shape index (κ2) is 22.4. The molecule has 6 N–H and O–H groups in total. The van der Waals surface area contributed by atoms with E-state index in [0.717, 1.165) is 0 Å². The van der Waals surface area contributed by atoms with Crippen molar-refractivity contribution >= 4 is 37.2 Å². The number of hydrogen-bond acceptors (Lipinski definition) is 15. The van der Waals surface area contributed by atoms with Gasteiger partial charge in [-0.05, 0) is 0 Å². The Morgan fingerprint density at radius 3 is 0.565 bits per heavy atom. The van der Waals surface area contributed by atoms with Gasteiger partial charge in [0.05, 0.1) is 15.2 Å². The van der Waals surface area contributed by atoms with Crippen molar-refractivity contribution in [2.45, 2.75) is 0 Å². The van der Waals surface area contributed by atoms with Gasteiger partial charge in [0.1, 0.15) is 0 Å². The van der Waals surface area contributed by atoms with Crippen molar-refractivity contribution in [3.63, 3.8) is 0 Å². The first-order chi connectivity index (χ1) is 7.68. The van der Waals surface area contributed by atoms with Crippen LogP contribution < -0.4 is 0 Å². The van der Waals surface area contributed by atoms with Crippen LogP contribution in [0, 0.1) is 30.3 Å². The van der Waals surface area contributed by atoms with Gasteiger partial charge in [-0.1, -0.05) is 14.7 Å². The maximum atomic E-state index is 9.04. The molecule has 0 spiro atoms. The van der Waals surface area contributed by atoms with Crippen LogP contribution >= 0.6 is 37.2 Å². The van der Waals surface area contributed by atoms with Crippen molar-refractivity contribution in [2.24, 2.45) is 15.9 Å². The summed E-state index contributed by atoms with van der Waals surface area (Å²) in [5, 5.41) is 65.3. The van der Waals surface area contributed by atoms with Gasteiger partial charge in [0.25, 0.3) is 0 Å². The largest absolute Gasteiger partial charge is 0.533 e. The second-order valence-corrected chi connectivity index (χ2v) is 1.78. The Balaban J connectivity index is -0.0000000221. The molecule has 0 bridgehead atoms. The van der Waals surface area contributed by atoms with E-state index in [-0.39, 0.29) is 76.2 Å². The third kappa shape index (κ3) is 105. The minimum absolute atomic E-state index is 0. The van der Waals surface area contributed by atoms with E-state index in [9.17, 15) is 0 Å². The molecule has 0 fully saturated rings. The molecule has 148 valence electrons. The maximum absolute atomic E-state index is 9.04. The van der Waals surface area contributed by atoms with Crippen LogP contribution in [-0.2, 0) is 39.0 Å². The fraction of sp³-hybridized carbons (Fsp3) is 0. The van der Waals surface area contributed by atoms with Gasteiger partial charge in [0.15, 0.2) is 0 Å². The average molecular weight is 594 g/mol. The molecule has 18 nitrogen and oxygen atoms in total. The molecule has 0 aromatic carbocycles. The van der Waals surface area contributed by atoms with Crippen molar-refractivity contribution < 1.29 is 85.4 Å². The van der Waals surface area contributed by atoms with E-state index in [4.69, 9.17) is 61.6 Å². The number of hydrogen-bond donors (Lipinski definition) is 6. The van der Waals surface area contributed by atoms with Crippen LogP contribution in [0.3, 0.4) is 0 Å². The average Bonchev–Trinajstić information content (AvgIpc) is 2.16. The maximum Gasteiger partial charge on any atom is 0.228 e. The van der Waals surface area contributed by atoms with Crippen LogP contribution in [0.2, 0.25) is 0 Å². The molecule has 0 radical (unpaired) electrons.